The highest BCUT2D eigenvalue weighted by Crippen LogP contribution is 2.20. The molecule has 0 aliphatic carbocycles. The van der Waals surface area contributed by atoms with E-state index >= 15 is 0 Å². The van der Waals surface area contributed by atoms with Gasteiger partial charge in [-0.15, -0.1) is 0 Å². The maximum Gasteiger partial charge on any atom is 0.314 e. The molecule has 1 unspecified atom stereocenters. The molecule has 1 atom stereocenters. The third kappa shape index (κ3) is 12.8. The van der Waals surface area contributed by atoms with Gasteiger partial charge in [0.2, 0.25) is 6.29 Å². The van der Waals surface area contributed by atoms with Gasteiger partial charge in [-0.3, -0.25) is 4.79 Å². The first-order valence-corrected chi connectivity index (χ1v) is 13.7. The van der Waals surface area contributed by atoms with E-state index in [0.29, 0.717) is 12.8 Å². The Bertz CT molecular complexity index is 834. The van der Waals surface area contributed by atoms with Crippen LogP contribution in [-0.4, -0.2) is 37.4 Å². The van der Waals surface area contributed by atoms with Gasteiger partial charge in [-0.1, -0.05) is 94.8 Å². The van der Waals surface area contributed by atoms with Crippen LogP contribution in [0.2, 0.25) is 0 Å². The Morgan fingerprint density at radius 2 is 1.51 bits per heavy atom. The van der Waals surface area contributed by atoms with Crippen molar-refractivity contribution < 1.29 is 18.8 Å². The summed E-state index contributed by atoms with van der Waals surface area (Å²) in [6.45, 7) is 5.95. The van der Waals surface area contributed by atoms with E-state index < -0.39 is 6.29 Å². The van der Waals surface area contributed by atoms with Gasteiger partial charge < -0.3 is 14.0 Å². The van der Waals surface area contributed by atoms with Gasteiger partial charge in [0.1, 0.15) is 12.3 Å². The van der Waals surface area contributed by atoms with Gasteiger partial charge in [-0.2, -0.15) is 0 Å². The van der Waals surface area contributed by atoms with Crippen LogP contribution < -0.4 is 4.74 Å². The van der Waals surface area contributed by atoms with Crippen molar-refractivity contribution >= 4 is 5.97 Å². The summed E-state index contributed by atoms with van der Waals surface area (Å²) < 4.78 is 12.6. The number of rotatable bonds is 18. The minimum absolute atomic E-state index is 0.193. The summed E-state index contributed by atoms with van der Waals surface area (Å²) in [6.07, 6.45) is 11.7. The second-order valence-corrected chi connectivity index (χ2v) is 10.4. The van der Waals surface area contributed by atoms with Crippen molar-refractivity contribution in [2.45, 2.75) is 97.3 Å². The van der Waals surface area contributed by atoms with Gasteiger partial charge in [0.15, 0.2) is 0 Å². The van der Waals surface area contributed by atoms with Gasteiger partial charge in [-0.25, -0.2) is 0 Å². The van der Waals surface area contributed by atoms with E-state index in [0.717, 1.165) is 36.2 Å². The van der Waals surface area contributed by atoms with Crippen molar-refractivity contribution in [3.8, 4) is 5.75 Å². The third-order valence-corrected chi connectivity index (χ3v) is 6.40. The van der Waals surface area contributed by atoms with Crippen LogP contribution in [0.15, 0.2) is 54.6 Å². The van der Waals surface area contributed by atoms with E-state index in [4.69, 9.17) is 9.47 Å². The molecule has 0 bridgehead atoms. The summed E-state index contributed by atoms with van der Waals surface area (Å²) in [5.41, 5.74) is 2.56. The topological polar surface area (TPSA) is 35.5 Å². The van der Waals surface area contributed by atoms with Gasteiger partial charge >= 0.3 is 5.97 Å². The highest BCUT2D eigenvalue weighted by atomic mass is 16.7. The number of unbranched alkanes of at least 4 members (excludes halogenated alkanes) is 6. The minimum atomic E-state index is -0.536. The number of ether oxygens (including phenoxy) is 2. The minimum Gasteiger partial charge on any atom is -0.455 e. The SMILES string of the molecule is CCCCCCCCCc1cccc(OC(CCC)OC(=O)CC[N+](C)(C)Cc2ccccc2)c1. The van der Waals surface area contributed by atoms with E-state index in [2.05, 4.69) is 64.3 Å². The van der Waals surface area contributed by atoms with Crippen LogP contribution in [0.4, 0.5) is 0 Å². The standard InChI is InChI=1S/C31H48NO3/c1-5-7-8-9-10-11-13-18-27-21-16-22-29(25-27)34-31(17-6-2)35-30(33)23-24-32(3,4)26-28-19-14-12-15-20-28/h12,14-16,19-22,25,31H,5-11,13,17-18,23-24,26H2,1-4H3/q+1. The summed E-state index contributed by atoms with van der Waals surface area (Å²) in [7, 11) is 4.30. The van der Waals surface area contributed by atoms with Crippen molar-refractivity contribution in [2.24, 2.45) is 0 Å². The fraction of sp³-hybridized carbons (Fsp3) is 0.581. The molecule has 0 saturated heterocycles. The summed E-state index contributed by atoms with van der Waals surface area (Å²) >= 11 is 0. The number of esters is 1. The van der Waals surface area contributed by atoms with Crippen LogP contribution in [0.3, 0.4) is 0 Å². The van der Waals surface area contributed by atoms with Gasteiger partial charge in [-0.05, 0) is 37.0 Å². The Morgan fingerprint density at radius 3 is 2.23 bits per heavy atom. The van der Waals surface area contributed by atoms with E-state index in [1.807, 2.05) is 18.2 Å². The lowest BCUT2D eigenvalue weighted by molar-refractivity contribution is -0.903. The summed E-state index contributed by atoms with van der Waals surface area (Å²) in [5, 5.41) is 0. The molecule has 0 saturated carbocycles. The van der Waals surface area contributed by atoms with Crippen molar-refractivity contribution in [2.75, 3.05) is 20.6 Å². The number of quaternary nitrogens is 1. The Morgan fingerprint density at radius 1 is 0.829 bits per heavy atom. The molecule has 0 fully saturated rings. The first kappa shape index (κ1) is 28.9. The summed E-state index contributed by atoms with van der Waals surface area (Å²) in [6, 6.07) is 18.7. The molecule has 0 amide bonds. The van der Waals surface area contributed by atoms with Gasteiger partial charge in [0, 0.05) is 12.0 Å². The zero-order valence-electron chi connectivity index (χ0n) is 22.6. The fourth-order valence-electron chi connectivity index (χ4n) is 4.35. The van der Waals surface area contributed by atoms with E-state index in [1.54, 1.807) is 0 Å². The van der Waals surface area contributed by atoms with E-state index in [1.165, 1.54) is 56.1 Å². The molecule has 4 nitrogen and oxygen atoms in total. The highest BCUT2D eigenvalue weighted by Gasteiger charge is 2.21. The molecule has 0 aliphatic rings. The number of benzene rings is 2. The number of nitrogens with zero attached hydrogens (tertiary/aromatic N) is 1. The van der Waals surface area contributed by atoms with Crippen LogP contribution in [0.5, 0.6) is 5.75 Å². The van der Waals surface area contributed by atoms with Crippen molar-refractivity contribution in [1.82, 2.24) is 0 Å². The number of aryl methyl sites for hydroxylation is 1. The zero-order valence-corrected chi connectivity index (χ0v) is 22.6. The summed E-state index contributed by atoms with van der Waals surface area (Å²) in [5.74, 6) is 0.596. The quantitative estimate of drug-likeness (QED) is 0.0945. The Hall–Kier alpha value is -2.33. The lowest BCUT2D eigenvalue weighted by Gasteiger charge is -2.30. The third-order valence-electron chi connectivity index (χ3n) is 6.40. The van der Waals surface area contributed by atoms with E-state index in [-0.39, 0.29) is 5.97 Å². The zero-order chi connectivity index (χ0) is 25.4. The Kier molecular flexibility index (Phi) is 13.5. The molecule has 2 aromatic rings. The van der Waals surface area contributed by atoms with Crippen molar-refractivity contribution in [1.29, 1.82) is 0 Å². The Balaban J connectivity index is 1.78. The lowest BCUT2D eigenvalue weighted by Crippen LogP contribution is -2.41. The predicted octanol–water partition coefficient (Wildman–Crippen LogP) is 7.69. The molecule has 0 aromatic heterocycles. The van der Waals surface area contributed by atoms with Gasteiger partial charge in [0.25, 0.3) is 0 Å². The van der Waals surface area contributed by atoms with Crippen LogP contribution >= 0.6 is 0 Å². The molecule has 2 rings (SSSR count). The second kappa shape index (κ2) is 16.4. The lowest BCUT2D eigenvalue weighted by atomic mass is 10.0. The largest absolute Gasteiger partial charge is 0.455 e. The normalized spacial score (nSPS) is 12.3. The van der Waals surface area contributed by atoms with Crippen molar-refractivity contribution in [3.05, 3.63) is 65.7 Å². The highest BCUT2D eigenvalue weighted by molar-refractivity contribution is 5.69. The fourth-order valence-corrected chi connectivity index (χ4v) is 4.35. The molecule has 35 heavy (non-hydrogen) atoms. The molecule has 194 valence electrons. The molecule has 2 aromatic carbocycles. The molecule has 0 N–H and O–H groups in total. The van der Waals surface area contributed by atoms with Crippen LogP contribution in [0, 0.1) is 0 Å². The monoisotopic (exact) mass is 482 g/mol. The Labute approximate surface area is 214 Å². The van der Waals surface area contributed by atoms with Crippen LogP contribution in [-0.2, 0) is 22.5 Å². The average molecular weight is 483 g/mol. The molecule has 0 radical (unpaired) electrons. The molecule has 0 aliphatic heterocycles. The second-order valence-electron chi connectivity index (χ2n) is 10.4. The molecular formula is C31H48NO3+. The van der Waals surface area contributed by atoms with Crippen LogP contribution in [0.25, 0.3) is 0 Å². The first-order chi connectivity index (χ1) is 16.9. The number of carbonyl (C=O) groups excluding carboxylic acids is 1. The smallest absolute Gasteiger partial charge is 0.314 e. The maximum absolute atomic E-state index is 12.6. The maximum atomic E-state index is 12.6. The average Bonchev–Trinajstić information content (AvgIpc) is 2.83. The molecular weight excluding hydrogens is 434 g/mol. The number of hydrogen-bond donors (Lipinski definition) is 0. The van der Waals surface area contributed by atoms with Crippen LogP contribution in [0.1, 0.15) is 89.2 Å². The van der Waals surface area contributed by atoms with E-state index in [9.17, 15) is 4.79 Å². The number of carbonyl (C=O) groups is 1. The summed E-state index contributed by atoms with van der Waals surface area (Å²) in [4.78, 5) is 12.6. The molecule has 0 spiro atoms. The predicted molar refractivity (Wildman–Crippen MR) is 145 cm³/mol. The first-order valence-electron chi connectivity index (χ1n) is 13.7. The molecule has 0 heterocycles. The molecule has 4 heteroatoms. The van der Waals surface area contributed by atoms with Gasteiger partial charge in [0.05, 0.1) is 27.1 Å². The van der Waals surface area contributed by atoms with Crippen molar-refractivity contribution in [3.63, 3.8) is 0 Å². The number of hydrogen-bond acceptors (Lipinski definition) is 3.